The van der Waals surface area contributed by atoms with Crippen LogP contribution in [-0.2, 0) is 4.79 Å². The fourth-order valence-corrected chi connectivity index (χ4v) is 2.91. The van der Waals surface area contributed by atoms with E-state index in [1.807, 2.05) is 49.4 Å². The van der Waals surface area contributed by atoms with Crippen LogP contribution in [0.1, 0.15) is 16.7 Å². The molecule has 4 nitrogen and oxygen atoms in total. The molecule has 0 saturated heterocycles. The second-order valence-corrected chi connectivity index (χ2v) is 6.84. The van der Waals surface area contributed by atoms with E-state index in [-0.39, 0.29) is 12.5 Å². The van der Waals surface area contributed by atoms with Crippen LogP contribution in [0.5, 0.6) is 5.75 Å². The van der Waals surface area contributed by atoms with E-state index in [0.717, 1.165) is 16.7 Å². The number of allylic oxidation sites excluding steroid dienone is 1. The Hall–Kier alpha value is -3.55. The van der Waals surface area contributed by atoms with E-state index in [1.165, 1.54) is 0 Å². The van der Waals surface area contributed by atoms with Gasteiger partial charge in [-0.2, -0.15) is 5.26 Å². The Morgan fingerprint density at radius 2 is 1.83 bits per heavy atom. The Balaban J connectivity index is 1.67. The van der Waals surface area contributed by atoms with E-state index in [1.54, 1.807) is 36.4 Å². The Kier molecular flexibility index (Phi) is 6.67. The molecule has 29 heavy (non-hydrogen) atoms. The number of carbonyl (C=O) groups is 1. The number of benzene rings is 3. The van der Waals surface area contributed by atoms with Crippen molar-refractivity contribution in [1.29, 1.82) is 5.26 Å². The van der Waals surface area contributed by atoms with E-state index >= 15 is 0 Å². The van der Waals surface area contributed by atoms with Crippen molar-refractivity contribution in [3.05, 3.63) is 94.5 Å². The summed E-state index contributed by atoms with van der Waals surface area (Å²) in [5.74, 6) is 0.128. The van der Waals surface area contributed by atoms with Crippen molar-refractivity contribution in [3.8, 4) is 11.8 Å². The number of amides is 1. The monoisotopic (exact) mass is 402 g/mol. The maximum Gasteiger partial charge on any atom is 0.262 e. The van der Waals surface area contributed by atoms with Crippen LogP contribution < -0.4 is 10.1 Å². The molecule has 0 aliphatic heterocycles. The van der Waals surface area contributed by atoms with E-state index in [2.05, 4.69) is 11.4 Å². The van der Waals surface area contributed by atoms with Crippen molar-refractivity contribution in [2.75, 3.05) is 11.9 Å². The molecule has 0 bridgehead atoms. The van der Waals surface area contributed by atoms with Crippen molar-refractivity contribution in [2.45, 2.75) is 6.92 Å². The number of nitriles is 1. The average Bonchev–Trinajstić information content (AvgIpc) is 2.73. The van der Waals surface area contributed by atoms with Gasteiger partial charge in [0.05, 0.1) is 16.7 Å². The number of rotatable bonds is 6. The van der Waals surface area contributed by atoms with Gasteiger partial charge in [0.1, 0.15) is 5.75 Å². The molecule has 144 valence electrons. The number of aryl methyl sites for hydroxylation is 1. The first kappa shape index (κ1) is 20.2. The molecule has 0 atom stereocenters. The normalized spacial score (nSPS) is 10.9. The lowest BCUT2D eigenvalue weighted by Crippen LogP contribution is -2.20. The van der Waals surface area contributed by atoms with Gasteiger partial charge in [0.25, 0.3) is 5.91 Å². The lowest BCUT2D eigenvalue weighted by atomic mass is 10.0. The molecular weight excluding hydrogens is 384 g/mol. The standard InChI is InChI=1S/C24H19ClN2O2/c1-17-7-10-19(11-8-17)20(15-26)13-18-9-12-23(22(25)14-18)29-16-24(28)27-21-5-3-2-4-6-21/h2-14H,16H2,1H3,(H,27,28)/b20-13-. The summed E-state index contributed by atoms with van der Waals surface area (Å²) in [6.45, 7) is 1.84. The number of ether oxygens (including phenoxy) is 1. The third kappa shape index (κ3) is 5.71. The number of carbonyl (C=O) groups excluding carboxylic acids is 1. The van der Waals surface area contributed by atoms with Crippen LogP contribution in [0.4, 0.5) is 5.69 Å². The summed E-state index contributed by atoms with van der Waals surface area (Å²) >= 11 is 6.30. The first-order valence-corrected chi connectivity index (χ1v) is 9.39. The largest absolute Gasteiger partial charge is 0.482 e. The molecule has 3 rings (SSSR count). The summed E-state index contributed by atoms with van der Waals surface area (Å²) in [4.78, 5) is 12.0. The van der Waals surface area contributed by atoms with Gasteiger partial charge >= 0.3 is 0 Å². The van der Waals surface area contributed by atoms with Crippen LogP contribution in [-0.4, -0.2) is 12.5 Å². The van der Waals surface area contributed by atoms with Gasteiger partial charge in [-0.15, -0.1) is 0 Å². The number of hydrogen-bond donors (Lipinski definition) is 1. The highest BCUT2D eigenvalue weighted by atomic mass is 35.5. The number of nitrogens with one attached hydrogen (secondary N) is 1. The summed E-state index contributed by atoms with van der Waals surface area (Å²) in [7, 11) is 0. The van der Waals surface area contributed by atoms with Crippen LogP contribution in [0.2, 0.25) is 5.02 Å². The van der Waals surface area contributed by atoms with Gasteiger partial charge in [0, 0.05) is 5.69 Å². The minimum atomic E-state index is -0.276. The molecule has 1 N–H and O–H groups in total. The summed E-state index contributed by atoms with van der Waals surface area (Å²) in [6.07, 6.45) is 1.77. The van der Waals surface area contributed by atoms with Crippen LogP contribution in [0.25, 0.3) is 11.6 Å². The predicted octanol–water partition coefficient (Wildman–Crippen LogP) is 5.73. The van der Waals surface area contributed by atoms with Gasteiger partial charge in [-0.25, -0.2) is 0 Å². The maximum absolute atomic E-state index is 12.0. The molecular formula is C24H19ClN2O2. The van der Waals surface area contributed by atoms with E-state index in [4.69, 9.17) is 16.3 Å². The van der Waals surface area contributed by atoms with Gasteiger partial charge in [0.15, 0.2) is 6.61 Å². The van der Waals surface area contributed by atoms with Crippen molar-refractivity contribution in [1.82, 2.24) is 0 Å². The molecule has 3 aromatic rings. The minimum Gasteiger partial charge on any atom is -0.482 e. The van der Waals surface area contributed by atoms with Crippen molar-refractivity contribution in [2.24, 2.45) is 0 Å². The topological polar surface area (TPSA) is 62.1 Å². The first-order valence-electron chi connectivity index (χ1n) is 9.01. The Morgan fingerprint density at radius 1 is 1.10 bits per heavy atom. The highest BCUT2D eigenvalue weighted by molar-refractivity contribution is 6.32. The second kappa shape index (κ2) is 9.59. The fourth-order valence-electron chi connectivity index (χ4n) is 2.67. The summed E-state index contributed by atoms with van der Waals surface area (Å²) in [6, 6.07) is 24.3. The van der Waals surface area contributed by atoms with Gasteiger partial charge in [-0.1, -0.05) is 65.7 Å². The number of para-hydroxylation sites is 1. The number of nitrogens with zero attached hydrogens (tertiary/aromatic N) is 1. The fraction of sp³-hybridized carbons (Fsp3) is 0.0833. The maximum atomic E-state index is 12.0. The molecule has 0 saturated carbocycles. The summed E-state index contributed by atoms with van der Waals surface area (Å²) in [5.41, 5.74) is 3.98. The zero-order valence-corrected chi connectivity index (χ0v) is 16.6. The lowest BCUT2D eigenvalue weighted by molar-refractivity contribution is -0.118. The van der Waals surface area contributed by atoms with Crippen LogP contribution in [0.15, 0.2) is 72.8 Å². The van der Waals surface area contributed by atoms with Gasteiger partial charge in [-0.05, 0) is 48.4 Å². The van der Waals surface area contributed by atoms with E-state index in [0.29, 0.717) is 22.0 Å². The van der Waals surface area contributed by atoms with Gasteiger partial charge < -0.3 is 10.1 Å². The predicted molar refractivity (Wildman–Crippen MR) is 117 cm³/mol. The molecule has 0 heterocycles. The quantitative estimate of drug-likeness (QED) is 0.423. The molecule has 0 aromatic heterocycles. The highest BCUT2D eigenvalue weighted by Gasteiger charge is 2.08. The molecule has 0 unspecified atom stereocenters. The Morgan fingerprint density at radius 3 is 2.48 bits per heavy atom. The minimum absolute atomic E-state index is 0.156. The molecule has 3 aromatic carbocycles. The van der Waals surface area contributed by atoms with E-state index in [9.17, 15) is 10.1 Å². The molecule has 1 amide bonds. The lowest BCUT2D eigenvalue weighted by Gasteiger charge is -2.09. The first-order chi connectivity index (χ1) is 14.0. The highest BCUT2D eigenvalue weighted by Crippen LogP contribution is 2.27. The number of hydrogen-bond acceptors (Lipinski definition) is 3. The third-order valence-electron chi connectivity index (χ3n) is 4.17. The molecule has 5 heteroatoms. The Labute approximate surface area is 175 Å². The van der Waals surface area contributed by atoms with Crippen LogP contribution in [0.3, 0.4) is 0 Å². The van der Waals surface area contributed by atoms with E-state index < -0.39 is 0 Å². The SMILES string of the molecule is Cc1ccc(/C(C#N)=C\c2ccc(OCC(=O)Nc3ccccc3)c(Cl)c2)cc1. The number of anilines is 1. The molecule has 0 aliphatic rings. The van der Waals surface area contributed by atoms with Gasteiger partial charge in [0.2, 0.25) is 0 Å². The molecule has 0 spiro atoms. The Bertz CT molecular complexity index is 1070. The summed E-state index contributed by atoms with van der Waals surface area (Å²) < 4.78 is 5.53. The van der Waals surface area contributed by atoms with Crippen molar-refractivity contribution in [3.63, 3.8) is 0 Å². The molecule has 0 fully saturated rings. The third-order valence-corrected chi connectivity index (χ3v) is 4.46. The zero-order chi connectivity index (χ0) is 20.6. The van der Waals surface area contributed by atoms with Gasteiger partial charge in [-0.3, -0.25) is 4.79 Å². The smallest absolute Gasteiger partial charge is 0.262 e. The van der Waals surface area contributed by atoms with Crippen molar-refractivity contribution < 1.29 is 9.53 Å². The van der Waals surface area contributed by atoms with Crippen molar-refractivity contribution >= 4 is 34.8 Å². The van der Waals surface area contributed by atoms with Crippen LogP contribution >= 0.6 is 11.6 Å². The van der Waals surface area contributed by atoms with Crippen LogP contribution in [0, 0.1) is 18.3 Å². The molecule has 0 radical (unpaired) electrons. The summed E-state index contributed by atoms with van der Waals surface area (Å²) in [5, 5.41) is 12.6. The number of halogens is 1. The molecule has 0 aliphatic carbocycles. The second-order valence-electron chi connectivity index (χ2n) is 6.43. The zero-order valence-electron chi connectivity index (χ0n) is 15.9. The average molecular weight is 403 g/mol.